The van der Waals surface area contributed by atoms with Gasteiger partial charge in [-0.15, -0.1) is 0 Å². The molecule has 3 fully saturated rings. The molecule has 4 heteroatoms. The van der Waals surface area contributed by atoms with Crippen LogP contribution in [0, 0.1) is 0 Å². The topological polar surface area (TPSA) is 26.8 Å². The van der Waals surface area contributed by atoms with Crippen LogP contribution in [0.3, 0.4) is 0 Å². The zero-order valence-corrected chi connectivity index (χ0v) is 15.2. The Bertz CT molecular complexity index is 434. The van der Waals surface area contributed by atoms with Gasteiger partial charge in [0.05, 0.1) is 0 Å². The minimum atomic E-state index is 0.687. The van der Waals surface area contributed by atoms with Crippen LogP contribution in [-0.4, -0.2) is 72.3 Å². The molecule has 3 heterocycles. The van der Waals surface area contributed by atoms with Crippen molar-refractivity contribution >= 4 is 6.29 Å². The molecule has 0 spiro atoms. The molecule has 0 aromatic carbocycles. The number of fused-ring (bicyclic) bond motifs is 2. The van der Waals surface area contributed by atoms with Crippen molar-refractivity contribution in [3.05, 3.63) is 23.9 Å². The summed E-state index contributed by atoms with van der Waals surface area (Å²) in [5.41, 5.74) is 1.24. The molecule has 0 N–H and O–H groups in total. The summed E-state index contributed by atoms with van der Waals surface area (Å²) in [6, 6.07) is 2.07. The Labute approximate surface area is 141 Å². The summed E-state index contributed by atoms with van der Waals surface area (Å²) < 4.78 is 0. The monoisotopic (exact) mass is 319 g/mol. The third-order valence-electron chi connectivity index (χ3n) is 5.30. The summed E-state index contributed by atoms with van der Waals surface area (Å²) in [6.45, 7) is 11.2. The molecule has 3 aliphatic heterocycles. The highest BCUT2D eigenvalue weighted by Crippen LogP contribution is 2.34. The van der Waals surface area contributed by atoms with E-state index in [1.165, 1.54) is 31.5 Å². The standard InChI is InChI=1S/C19H33N3O/c1-5-9-20(4)12-17(8-7-10-23)13-22-18-11-19(22)15-21(14-18)16(3)6-2/h7-8,10,12,16,18-19H,5-6,9,11,13-15H2,1-4H3/b8-7-,17-12+. The maximum atomic E-state index is 10.7. The fourth-order valence-corrected chi connectivity index (χ4v) is 3.81. The lowest BCUT2D eigenvalue weighted by atomic mass is 9.86. The van der Waals surface area contributed by atoms with E-state index >= 15 is 0 Å². The van der Waals surface area contributed by atoms with E-state index in [1.54, 1.807) is 6.08 Å². The molecule has 3 atom stereocenters. The molecule has 3 rings (SSSR count). The molecule has 0 aliphatic carbocycles. The Kier molecular flexibility index (Phi) is 6.85. The van der Waals surface area contributed by atoms with Crippen LogP contribution >= 0.6 is 0 Å². The second-order valence-electron chi connectivity index (χ2n) is 7.11. The molecule has 0 saturated carbocycles. The van der Waals surface area contributed by atoms with Crippen LogP contribution in [0.2, 0.25) is 0 Å². The molecule has 0 aromatic heterocycles. The molecule has 3 saturated heterocycles. The maximum Gasteiger partial charge on any atom is 0.142 e. The number of carbonyl (C=O) groups is 1. The number of aldehydes is 1. The minimum Gasteiger partial charge on any atom is -0.380 e. The van der Waals surface area contributed by atoms with Gasteiger partial charge >= 0.3 is 0 Å². The summed E-state index contributed by atoms with van der Waals surface area (Å²) >= 11 is 0. The Balaban J connectivity index is 1.96. The third-order valence-corrected chi connectivity index (χ3v) is 5.30. The van der Waals surface area contributed by atoms with E-state index in [0.29, 0.717) is 18.1 Å². The number of nitrogens with zero attached hydrogens (tertiary/aromatic N) is 3. The van der Waals surface area contributed by atoms with Gasteiger partial charge in [0, 0.05) is 57.6 Å². The highest BCUT2D eigenvalue weighted by molar-refractivity contribution is 5.65. The molecular formula is C19H33N3O. The highest BCUT2D eigenvalue weighted by Gasteiger charge is 2.45. The SMILES string of the molecule is CCCN(C)/C=C(\C=C/C=O)CN1C2CC1CN(C(C)CC)C2. The van der Waals surface area contributed by atoms with Gasteiger partial charge in [-0.1, -0.05) is 19.9 Å². The molecule has 2 bridgehead atoms. The van der Waals surface area contributed by atoms with Crippen molar-refractivity contribution in [3.8, 4) is 0 Å². The average molecular weight is 319 g/mol. The van der Waals surface area contributed by atoms with Crippen molar-refractivity contribution in [1.29, 1.82) is 0 Å². The molecule has 3 unspecified atom stereocenters. The lowest BCUT2D eigenvalue weighted by Crippen LogP contribution is -2.69. The molecule has 23 heavy (non-hydrogen) atoms. The maximum absolute atomic E-state index is 10.7. The summed E-state index contributed by atoms with van der Waals surface area (Å²) in [6.07, 6.45) is 10.4. The normalized spacial score (nSPS) is 27.0. The lowest BCUT2D eigenvalue weighted by Gasteiger charge is -2.57. The van der Waals surface area contributed by atoms with Crippen LogP contribution in [0.1, 0.15) is 40.0 Å². The summed E-state index contributed by atoms with van der Waals surface area (Å²) in [5, 5.41) is 0. The van der Waals surface area contributed by atoms with Crippen LogP contribution in [0.4, 0.5) is 0 Å². The number of piperidine rings is 1. The van der Waals surface area contributed by atoms with Gasteiger partial charge in [0.1, 0.15) is 6.29 Å². The summed E-state index contributed by atoms with van der Waals surface area (Å²) in [7, 11) is 2.11. The van der Waals surface area contributed by atoms with Crippen molar-refractivity contribution in [3.63, 3.8) is 0 Å². The Morgan fingerprint density at radius 3 is 2.57 bits per heavy atom. The third kappa shape index (κ3) is 4.67. The first-order chi connectivity index (χ1) is 11.1. The van der Waals surface area contributed by atoms with E-state index in [2.05, 4.69) is 48.7 Å². The lowest BCUT2D eigenvalue weighted by molar-refractivity contribution is -0.104. The average Bonchev–Trinajstić information content (AvgIpc) is 2.56. The quantitative estimate of drug-likeness (QED) is 0.371. The van der Waals surface area contributed by atoms with Gasteiger partial charge in [-0.2, -0.15) is 0 Å². The second-order valence-corrected chi connectivity index (χ2v) is 7.11. The van der Waals surface area contributed by atoms with E-state index in [-0.39, 0.29) is 0 Å². The first kappa shape index (κ1) is 18.2. The number of carbonyl (C=O) groups excluding carboxylic acids is 1. The van der Waals surface area contributed by atoms with Crippen molar-refractivity contribution in [2.24, 2.45) is 0 Å². The minimum absolute atomic E-state index is 0.687. The van der Waals surface area contributed by atoms with Crippen LogP contribution in [-0.2, 0) is 4.79 Å². The van der Waals surface area contributed by atoms with Gasteiger partial charge in [-0.3, -0.25) is 14.6 Å². The van der Waals surface area contributed by atoms with Crippen LogP contribution in [0.25, 0.3) is 0 Å². The highest BCUT2D eigenvalue weighted by atomic mass is 16.1. The molecule has 0 aromatic rings. The Morgan fingerprint density at radius 2 is 2.00 bits per heavy atom. The zero-order valence-electron chi connectivity index (χ0n) is 15.2. The molecule has 3 aliphatic rings. The molecular weight excluding hydrogens is 286 g/mol. The van der Waals surface area contributed by atoms with Gasteiger partial charge in [-0.05, 0) is 37.8 Å². The Morgan fingerprint density at radius 1 is 1.30 bits per heavy atom. The molecule has 130 valence electrons. The van der Waals surface area contributed by atoms with Crippen LogP contribution in [0.5, 0.6) is 0 Å². The largest absolute Gasteiger partial charge is 0.380 e. The van der Waals surface area contributed by atoms with Crippen LogP contribution in [0.15, 0.2) is 23.9 Å². The van der Waals surface area contributed by atoms with E-state index in [4.69, 9.17) is 0 Å². The predicted molar refractivity (Wildman–Crippen MR) is 96.4 cm³/mol. The van der Waals surface area contributed by atoms with Crippen LogP contribution < -0.4 is 0 Å². The second kappa shape index (κ2) is 8.65. The van der Waals surface area contributed by atoms with Gasteiger partial charge in [0.25, 0.3) is 0 Å². The number of piperazine rings is 1. The van der Waals surface area contributed by atoms with Gasteiger partial charge < -0.3 is 4.90 Å². The number of rotatable bonds is 9. The molecule has 4 nitrogen and oxygen atoms in total. The number of hydrogen-bond donors (Lipinski definition) is 0. The number of hydrogen-bond acceptors (Lipinski definition) is 4. The van der Waals surface area contributed by atoms with Crippen molar-refractivity contribution in [2.45, 2.75) is 58.2 Å². The van der Waals surface area contributed by atoms with Crippen molar-refractivity contribution in [1.82, 2.24) is 14.7 Å². The van der Waals surface area contributed by atoms with E-state index in [9.17, 15) is 4.79 Å². The van der Waals surface area contributed by atoms with Gasteiger partial charge in [-0.25, -0.2) is 0 Å². The first-order valence-corrected chi connectivity index (χ1v) is 9.11. The Hall–Kier alpha value is -1.13. The first-order valence-electron chi connectivity index (χ1n) is 9.11. The van der Waals surface area contributed by atoms with E-state index in [0.717, 1.165) is 25.8 Å². The van der Waals surface area contributed by atoms with Crippen molar-refractivity contribution in [2.75, 3.05) is 33.2 Å². The van der Waals surface area contributed by atoms with Gasteiger partial charge in [0.2, 0.25) is 0 Å². The summed E-state index contributed by atoms with van der Waals surface area (Å²) in [4.78, 5) is 18.2. The molecule has 0 amide bonds. The number of allylic oxidation sites excluding steroid dienone is 1. The fraction of sp³-hybridized carbons (Fsp3) is 0.737. The van der Waals surface area contributed by atoms with Gasteiger partial charge in [0.15, 0.2) is 0 Å². The zero-order chi connectivity index (χ0) is 16.8. The summed E-state index contributed by atoms with van der Waals surface area (Å²) in [5.74, 6) is 0. The van der Waals surface area contributed by atoms with E-state index < -0.39 is 0 Å². The smallest absolute Gasteiger partial charge is 0.142 e. The molecule has 0 radical (unpaired) electrons. The van der Waals surface area contributed by atoms with Crippen molar-refractivity contribution < 1.29 is 4.79 Å². The predicted octanol–water partition coefficient (Wildman–Crippen LogP) is 2.52. The fourth-order valence-electron chi connectivity index (χ4n) is 3.81. The van der Waals surface area contributed by atoms with E-state index in [1.807, 2.05) is 6.08 Å².